The van der Waals surface area contributed by atoms with Crippen LogP contribution in [-0.4, -0.2) is 20.0 Å². The van der Waals surface area contributed by atoms with E-state index in [1.165, 1.54) is 5.56 Å². The molecule has 0 radical (unpaired) electrons. The van der Waals surface area contributed by atoms with Gasteiger partial charge >= 0.3 is 0 Å². The third kappa shape index (κ3) is 3.78. The van der Waals surface area contributed by atoms with Crippen molar-refractivity contribution >= 4 is 16.5 Å². The second kappa shape index (κ2) is 6.48. The van der Waals surface area contributed by atoms with Gasteiger partial charge in [-0.15, -0.1) is 0 Å². The van der Waals surface area contributed by atoms with E-state index in [0.717, 1.165) is 11.1 Å². The first-order chi connectivity index (χ1) is 9.56. The summed E-state index contributed by atoms with van der Waals surface area (Å²) in [4.78, 5) is 11.8. The molecule has 0 bridgehead atoms. The quantitative estimate of drug-likeness (QED) is 0.680. The smallest absolute Gasteiger partial charge is 0.163 e. The van der Waals surface area contributed by atoms with Gasteiger partial charge in [-0.2, -0.15) is 0 Å². The van der Waals surface area contributed by atoms with Crippen LogP contribution < -0.4 is 0 Å². The van der Waals surface area contributed by atoms with Gasteiger partial charge in [-0.05, 0) is 18.1 Å². The van der Waals surface area contributed by atoms with Crippen molar-refractivity contribution in [2.45, 2.75) is 13.3 Å². The van der Waals surface area contributed by atoms with Crippen LogP contribution in [-0.2, 0) is 10.7 Å². The van der Waals surface area contributed by atoms with Gasteiger partial charge in [-0.1, -0.05) is 54.1 Å². The van der Waals surface area contributed by atoms with Crippen molar-refractivity contribution in [2.75, 3.05) is 5.75 Å². The Bertz CT molecular complexity index is 660. The lowest BCUT2D eigenvalue weighted by molar-refractivity contribution is 0.0989. The summed E-state index contributed by atoms with van der Waals surface area (Å²) >= 11 is 0. The Morgan fingerprint density at radius 1 is 0.900 bits per heavy atom. The lowest BCUT2D eigenvalue weighted by Crippen LogP contribution is -2.02. The highest BCUT2D eigenvalue weighted by Crippen LogP contribution is 2.20. The molecule has 0 saturated heterocycles. The molecular weight excluding hydrogens is 272 g/mol. The fourth-order valence-electron chi connectivity index (χ4n) is 1.93. The topological polar surface area (TPSA) is 51.2 Å². The minimum atomic E-state index is -2.49. The molecule has 0 unspecified atom stereocenters. The molecule has 2 aromatic carbocycles. The van der Waals surface area contributed by atoms with Crippen LogP contribution >= 0.6 is 0 Å². The molecule has 0 aromatic heterocycles. The second-order valence-corrected chi connectivity index (χ2v) is 5.79. The van der Waals surface area contributed by atoms with Crippen molar-refractivity contribution in [3.63, 3.8) is 0 Å². The largest absolute Gasteiger partial charge is 0.294 e. The summed E-state index contributed by atoms with van der Waals surface area (Å²) in [5.41, 5.74) is 3.89. The molecule has 0 spiro atoms. The molecule has 2 aromatic rings. The van der Waals surface area contributed by atoms with Gasteiger partial charge in [0.25, 0.3) is 0 Å². The highest BCUT2D eigenvalue weighted by Gasteiger charge is 2.06. The number of aryl methyl sites for hydroxylation is 1. The van der Waals surface area contributed by atoms with E-state index in [9.17, 15) is 13.2 Å². The molecule has 0 aliphatic carbocycles. The van der Waals surface area contributed by atoms with Crippen LogP contribution in [0, 0.1) is 6.92 Å². The van der Waals surface area contributed by atoms with Crippen LogP contribution in [0.3, 0.4) is 0 Å². The maximum Gasteiger partial charge on any atom is 0.163 e. The molecule has 2 rings (SSSR count). The minimum Gasteiger partial charge on any atom is -0.294 e. The number of thiol groups is 1. The van der Waals surface area contributed by atoms with Gasteiger partial charge in [0.1, 0.15) is 10.7 Å². The molecule has 0 heterocycles. The summed E-state index contributed by atoms with van der Waals surface area (Å²) in [5.74, 6) is -0.229. The Morgan fingerprint density at radius 2 is 1.40 bits per heavy atom. The molecule has 0 amide bonds. The number of rotatable bonds is 5. The predicted octanol–water partition coefficient (Wildman–Crippen LogP) is 2.85. The van der Waals surface area contributed by atoms with E-state index in [4.69, 9.17) is 0 Å². The Labute approximate surface area is 120 Å². The molecule has 20 heavy (non-hydrogen) atoms. The van der Waals surface area contributed by atoms with Crippen molar-refractivity contribution in [3.05, 3.63) is 59.7 Å². The van der Waals surface area contributed by atoms with Gasteiger partial charge in [0.15, 0.2) is 5.78 Å². The first-order valence-corrected chi connectivity index (χ1v) is 7.74. The molecule has 3 nitrogen and oxygen atoms in total. The molecule has 0 fully saturated rings. The zero-order valence-electron chi connectivity index (χ0n) is 11.2. The van der Waals surface area contributed by atoms with Crippen LogP contribution in [0.4, 0.5) is 0 Å². The highest BCUT2D eigenvalue weighted by molar-refractivity contribution is 7.72. The Balaban J connectivity index is 2.13. The number of hydrogen-bond donors (Lipinski definition) is 1. The van der Waals surface area contributed by atoms with Gasteiger partial charge in [-0.3, -0.25) is 4.79 Å². The van der Waals surface area contributed by atoms with Gasteiger partial charge in [0, 0.05) is 12.0 Å². The van der Waals surface area contributed by atoms with Crippen molar-refractivity contribution in [1.82, 2.24) is 0 Å². The zero-order chi connectivity index (χ0) is 14.5. The lowest BCUT2D eigenvalue weighted by atomic mass is 10.0. The van der Waals surface area contributed by atoms with Crippen molar-refractivity contribution in [3.8, 4) is 11.1 Å². The van der Waals surface area contributed by atoms with Crippen molar-refractivity contribution in [1.29, 1.82) is 0 Å². The Kier molecular flexibility index (Phi) is 4.69. The van der Waals surface area contributed by atoms with Gasteiger partial charge < -0.3 is 0 Å². The summed E-state index contributed by atoms with van der Waals surface area (Å²) in [5, 5.41) is 0. The zero-order valence-corrected chi connectivity index (χ0v) is 12.1. The maximum atomic E-state index is 11.8. The fraction of sp³-hybridized carbons (Fsp3) is 0.188. The van der Waals surface area contributed by atoms with Gasteiger partial charge in [0.2, 0.25) is 0 Å². The number of carbonyl (C=O) groups is 1. The van der Waals surface area contributed by atoms with Crippen LogP contribution in [0.15, 0.2) is 48.5 Å². The third-order valence-corrected chi connectivity index (χ3v) is 3.70. The van der Waals surface area contributed by atoms with Crippen LogP contribution in [0.5, 0.6) is 0 Å². The minimum absolute atomic E-state index is 0.0442. The summed E-state index contributed by atoms with van der Waals surface area (Å²) in [6.45, 7) is 2.03. The third-order valence-electron chi connectivity index (χ3n) is 3.11. The standard InChI is InChI=1S/C16H16O3S/c1-12-2-4-13(5-3-12)14-6-8-15(9-7-14)16(17)10-11-20(18)19/h2-9,20H,10-11H2,1H3. The normalized spacial score (nSPS) is 10.7. The number of hydrogen-bond acceptors (Lipinski definition) is 3. The molecule has 0 atom stereocenters. The Hall–Kier alpha value is -1.94. The highest BCUT2D eigenvalue weighted by atomic mass is 32.2. The molecule has 104 valence electrons. The van der Waals surface area contributed by atoms with E-state index < -0.39 is 10.7 Å². The van der Waals surface area contributed by atoms with E-state index in [0.29, 0.717) is 5.56 Å². The first kappa shape index (κ1) is 14.5. The Morgan fingerprint density at radius 3 is 1.90 bits per heavy atom. The van der Waals surface area contributed by atoms with Gasteiger partial charge in [0.05, 0.1) is 5.75 Å². The summed E-state index contributed by atoms with van der Waals surface area (Å²) < 4.78 is 21.0. The number of benzene rings is 2. The SMILES string of the molecule is Cc1ccc(-c2ccc(C(=O)CC[SH](=O)=O)cc2)cc1. The van der Waals surface area contributed by atoms with Gasteiger partial charge in [-0.25, -0.2) is 8.42 Å². The number of ketones is 1. The van der Waals surface area contributed by atoms with Crippen LogP contribution in [0.25, 0.3) is 11.1 Å². The maximum absolute atomic E-state index is 11.8. The average Bonchev–Trinajstić information content (AvgIpc) is 2.46. The van der Waals surface area contributed by atoms with E-state index >= 15 is 0 Å². The van der Waals surface area contributed by atoms with Crippen LogP contribution in [0.2, 0.25) is 0 Å². The lowest BCUT2D eigenvalue weighted by Gasteiger charge is -2.04. The van der Waals surface area contributed by atoms with Crippen LogP contribution in [0.1, 0.15) is 22.3 Å². The monoisotopic (exact) mass is 288 g/mol. The van der Waals surface area contributed by atoms with E-state index in [2.05, 4.69) is 0 Å². The molecule has 0 N–H and O–H groups in total. The van der Waals surface area contributed by atoms with Crippen molar-refractivity contribution in [2.24, 2.45) is 0 Å². The summed E-state index contributed by atoms with van der Waals surface area (Å²) in [7, 11) is -2.49. The number of Topliss-reactive ketones (excluding diaryl/α,β-unsaturated/α-hetero) is 1. The fourth-order valence-corrected chi connectivity index (χ4v) is 2.32. The molecule has 0 aliphatic heterocycles. The van der Waals surface area contributed by atoms with E-state index in [1.807, 2.05) is 43.3 Å². The molecular formula is C16H16O3S. The second-order valence-electron chi connectivity index (χ2n) is 4.67. The molecule has 0 aliphatic rings. The molecule has 0 saturated carbocycles. The van der Waals surface area contributed by atoms with E-state index in [-0.39, 0.29) is 18.0 Å². The van der Waals surface area contributed by atoms with E-state index in [1.54, 1.807) is 12.1 Å². The molecule has 4 heteroatoms. The summed E-state index contributed by atoms with van der Waals surface area (Å²) in [6, 6.07) is 15.4. The summed E-state index contributed by atoms with van der Waals surface area (Å²) in [6.07, 6.45) is 0.0442. The van der Waals surface area contributed by atoms with Crippen molar-refractivity contribution < 1.29 is 13.2 Å². The average molecular weight is 288 g/mol. The predicted molar refractivity (Wildman–Crippen MR) is 80.7 cm³/mol. The number of carbonyl (C=O) groups excluding carboxylic acids is 1. The first-order valence-electron chi connectivity index (χ1n) is 6.38.